The highest BCUT2D eigenvalue weighted by Crippen LogP contribution is 2.32. The van der Waals surface area contributed by atoms with E-state index in [1.807, 2.05) is 30.5 Å². The van der Waals surface area contributed by atoms with Gasteiger partial charge in [-0.25, -0.2) is 9.67 Å². The number of nitrogens with one attached hydrogen (secondary N) is 2. The predicted molar refractivity (Wildman–Crippen MR) is 116 cm³/mol. The molecule has 9 heteroatoms. The quantitative estimate of drug-likeness (QED) is 0.514. The van der Waals surface area contributed by atoms with Gasteiger partial charge < -0.3 is 10.1 Å². The van der Waals surface area contributed by atoms with Crippen molar-refractivity contribution in [1.29, 1.82) is 0 Å². The van der Waals surface area contributed by atoms with Crippen LogP contribution in [0, 0.1) is 6.92 Å². The number of anilines is 1. The maximum Gasteiger partial charge on any atom is 0.273 e. The van der Waals surface area contributed by atoms with Gasteiger partial charge in [0.1, 0.15) is 12.3 Å². The first kappa shape index (κ1) is 19.6. The Morgan fingerprint density at radius 3 is 2.73 bits per heavy atom. The van der Waals surface area contributed by atoms with Crippen LogP contribution >= 0.6 is 11.3 Å². The van der Waals surface area contributed by atoms with Gasteiger partial charge in [0.2, 0.25) is 5.91 Å². The Morgan fingerprint density at radius 2 is 1.97 bits per heavy atom. The number of carbonyl (C=O) groups is 1. The van der Waals surface area contributed by atoms with Gasteiger partial charge in [-0.2, -0.15) is 0 Å². The first-order chi connectivity index (χ1) is 14.5. The van der Waals surface area contributed by atoms with Crippen LogP contribution in [0.15, 0.2) is 57.4 Å². The second kappa shape index (κ2) is 7.96. The van der Waals surface area contributed by atoms with Crippen molar-refractivity contribution in [3.05, 3.63) is 74.1 Å². The summed E-state index contributed by atoms with van der Waals surface area (Å²) in [5.74, 6) is 0.212. The number of nitrogens with zero attached hydrogens (tertiary/aromatic N) is 2. The molecule has 0 aliphatic carbocycles. The SMILES string of the molecule is COc1ccc(C)cc1-c1csc(NC(=O)Cn2[nH]c(=O)c3ccccc3c2=O)n1. The minimum absolute atomic E-state index is 0.261. The molecule has 0 saturated carbocycles. The molecule has 0 spiro atoms. The number of hydrogen-bond donors (Lipinski definition) is 2. The number of amides is 1. The molecule has 2 aromatic carbocycles. The van der Waals surface area contributed by atoms with Crippen LogP contribution in [0.5, 0.6) is 5.75 Å². The van der Waals surface area contributed by atoms with E-state index in [1.54, 1.807) is 31.4 Å². The molecule has 1 amide bonds. The molecular weight excluding hydrogens is 404 g/mol. The zero-order chi connectivity index (χ0) is 21.3. The van der Waals surface area contributed by atoms with E-state index in [4.69, 9.17) is 4.74 Å². The van der Waals surface area contributed by atoms with Gasteiger partial charge in [-0.3, -0.25) is 19.5 Å². The lowest BCUT2D eigenvalue weighted by Gasteiger charge is -2.07. The van der Waals surface area contributed by atoms with Gasteiger partial charge >= 0.3 is 0 Å². The Morgan fingerprint density at radius 1 is 1.20 bits per heavy atom. The Hall–Kier alpha value is -3.72. The van der Waals surface area contributed by atoms with Crippen LogP contribution in [0.4, 0.5) is 5.13 Å². The molecule has 4 aromatic rings. The fourth-order valence-electron chi connectivity index (χ4n) is 3.14. The summed E-state index contributed by atoms with van der Waals surface area (Å²) in [5, 5.41) is 7.86. The third-order valence-electron chi connectivity index (χ3n) is 4.57. The van der Waals surface area contributed by atoms with Gasteiger partial charge in [0.05, 0.1) is 23.6 Å². The van der Waals surface area contributed by atoms with Crippen molar-refractivity contribution in [2.24, 2.45) is 0 Å². The zero-order valence-electron chi connectivity index (χ0n) is 16.3. The van der Waals surface area contributed by atoms with Crippen LogP contribution in [0.3, 0.4) is 0 Å². The van der Waals surface area contributed by atoms with Gasteiger partial charge in [-0.05, 0) is 31.2 Å². The number of benzene rings is 2. The average molecular weight is 422 g/mol. The number of hydrogen-bond acceptors (Lipinski definition) is 6. The van der Waals surface area contributed by atoms with Crippen LogP contribution in [0.25, 0.3) is 22.0 Å². The molecule has 0 fully saturated rings. The van der Waals surface area contributed by atoms with Crippen LogP contribution in [0.2, 0.25) is 0 Å². The van der Waals surface area contributed by atoms with E-state index in [-0.39, 0.29) is 17.3 Å². The van der Waals surface area contributed by atoms with Crippen molar-refractivity contribution < 1.29 is 9.53 Å². The average Bonchev–Trinajstić information content (AvgIpc) is 3.20. The lowest BCUT2D eigenvalue weighted by Crippen LogP contribution is -2.34. The molecule has 0 atom stereocenters. The summed E-state index contributed by atoms with van der Waals surface area (Å²) >= 11 is 1.26. The van der Waals surface area contributed by atoms with E-state index < -0.39 is 17.0 Å². The largest absolute Gasteiger partial charge is 0.496 e. The second-order valence-electron chi connectivity index (χ2n) is 6.67. The van der Waals surface area contributed by atoms with Crippen molar-refractivity contribution in [3.63, 3.8) is 0 Å². The predicted octanol–water partition coefficient (Wildman–Crippen LogP) is 2.77. The van der Waals surface area contributed by atoms with Crippen molar-refractivity contribution in [2.75, 3.05) is 12.4 Å². The molecule has 8 nitrogen and oxygen atoms in total. The van der Waals surface area contributed by atoms with Gasteiger partial charge in [0.15, 0.2) is 5.13 Å². The third kappa shape index (κ3) is 3.74. The highest BCUT2D eigenvalue weighted by Gasteiger charge is 2.14. The molecule has 0 unspecified atom stereocenters. The van der Waals surface area contributed by atoms with E-state index in [9.17, 15) is 14.4 Å². The van der Waals surface area contributed by atoms with E-state index in [0.29, 0.717) is 16.6 Å². The lowest BCUT2D eigenvalue weighted by atomic mass is 10.1. The van der Waals surface area contributed by atoms with E-state index in [0.717, 1.165) is 15.8 Å². The van der Waals surface area contributed by atoms with Gasteiger partial charge in [-0.1, -0.05) is 23.8 Å². The monoisotopic (exact) mass is 422 g/mol. The number of ether oxygens (including phenoxy) is 1. The Bertz CT molecular complexity index is 1370. The molecule has 0 radical (unpaired) electrons. The summed E-state index contributed by atoms with van der Waals surface area (Å²) in [4.78, 5) is 41.6. The Labute approximate surface area is 174 Å². The van der Waals surface area contributed by atoms with Crippen LogP contribution in [-0.2, 0) is 11.3 Å². The molecule has 4 rings (SSSR count). The van der Waals surface area contributed by atoms with Gasteiger partial charge in [0.25, 0.3) is 11.1 Å². The number of fused-ring (bicyclic) bond motifs is 1. The van der Waals surface area contributed by atoms with Gasteiger partial charge in [0, 0.05) is 10.9 Å². The summed E-state index contributed by atoms with van der Waals surface area (Å²) in [7, 11) is 1.59. The zero-order valence-corrected chi connectivity index (χ0v) is 17.1. The van der Waals surface area contributed by atoms with Gasteiger partial charge in [-0.15, -0.1) is 11.3 Å². The van der Waals surface area contributed by atoms with E-state index >= 15 is 0 Å². The minimum Gasteiger partial charge on any atom is -0.496 e. The Kier molecular flexibility index (Phi) is 5.20. The molecule has 152 valence electrons. The van der Waals surface area contributed by atoms with Crippen molar-refractivity contribution in [2.45, 2.75) is 13.5 Å². The number of carbonyl (C=O) groups excluding carboxylic acids is 1. The first-order valence-electron chi connectivity index (χ1n) is 9.08. The summed E-state index contributed by atoms with van der Waals surface area (Å²) in [6, 6.07) is 12.2. The lowest BCUT2D eigenvalue weighted by molar-refractivity contribution is -0.117. The minimum atomic E-state index is -0.472. The normalized spacial score (nSPS) is 10.9. The summed E-state index contributed by atoms with van der Waals surface area (Å²) < 4.78 is 6.39. The van der Waals surface area contributed by atoms with Crippen molar-refractivity contribution in [3.8, 4) is 17.0 Å². The highest BCUT2D eigenvalue weighted by molar-refractivity contribution is 7.14. The topological polar surface area (TPSA) is 106 Å². The maximum absolute atomic E-state index is 12.5. The molecule has 0 aliphatic heterocycles. The van der Waals surface area contributed by atoms with Crippen LogP contribution < -0.4 is 21.2 Å². The van der Waals surface area contributed by atoms with E-state index in [1.165, 1.54) is 11.3 Å². The number of thiazole rings is 1. The molecule has 2 heterocycles. The maximum atomic E-state index is 12.5. The second-order valence-corrected chi connectivity index (χ2v) is 7.53. The molecule has 2 aromatic heterocycles. The van der Waals surface area contributed by atoms with Crippen molar-refractivity contribution >= 4 is 33.1 Å². The number of rotatable bonds is 5. The summed E-state index contributed by atoms with van der Waals surface area (Å²) in [6.07, 6.45) is 0. The van der Waals surface area contributed by atoms with Crippen LogP contribution in [-0.4, -0.2) is 27.8 Å². The first-order valence-corrected chi connectivity index (χ1v) is 9.96. The molecule has 0 saturated heterocycles. The molecule has 0 aliphatic rings. The summed E-state index contributed by atoms with van der Waals surface area (Å²) in [5.41, 5.74) is 1.69. The number of H-pyrrole nitrogens is 1. The third-order valence-corrected chi connectivity index (χ3v) is 5.32. The summed E-state index contributed by atoms with van der Waals surface area (Å²) in [6.45, 7) is 1.64. The Balaban J connectivity index is 1.56. The highest BCUT2D eigenvalue weighted by atomic mass is 32.1. The smallest absolute Gasteiger partial charge is 0.273 e. The fraction of sp³-hybridized carbons (Fsp3) is 0.143. The standard InChI is InChI=1S/C21H18N4O4S/c1-12-7-8-17(29-2)15(9-12)16-11-30-21(22-16)23-18(26)10-25-20(28)14-6-4-3-5-13(14)19(27)24-25/h3-9,11H,10H2,1-2H3,(H,24,27)(H,22,23,26). The fourth-order valence-corrected chi connectivity index (χ4v) is 3.86. The van der Waals surface area contributed by atoms with Crippen LogP contribution in [0.1, 0.15) is 5.56 Å². The molecule has 0 bridgehead atoms. The number of methoxy groups -OCH3 is 1. The number of aryl methyl sites for hydroxylation is 1. The molecule has 30 heavy (non-hydrogen) atoms. The number of aromatic nitrogens is 3. The molecule has 2 N–H and O–H groups in total. The van der Waals surface area contributed by atoms with Crippen molar-refractivity contribution in [1.82, 2.24) is 14.8 Å². The van der Waals surface area contributed by atoms with E-state index in [2.05, 4.69) is 15.4 Å². The molecular formula is C21H18N4O4S. The number of aromatic amines is 1.